The second-order valence-corrected chi connectivity index (χ2v) is 9.74. The van der Waals surface area contributed by atoms with Crippen LogP contribution >= 0.6 is 0 Å². The van der Waals surface area contributed by atoms with E-state index < -0.39 is 11.6 Å². The second-order valence-electron chi connectivity index (χ2n) is 9.74. The van der Waals surface area contributed by atoms with Crippen LogP contribution in [0.1, 0.15) is 36.7 Å². The Kier molecular flexibility index (Phi) is 6.13. The Labute approximate surface area is 209 Å². The number of likely N-dealkylation sites (N-methyl/N-ethyl adjacent to an activating group) is 1. The summed E-state index contributed by atoms with van der Waals surface area (Å²) in [7, 11) is 1.85. The number of rotatable bonds is 8. The molecule has 2 aliphatic rings. The molecule has 0 radical (unpaired) electrons. The van der Waals surface area contributed by atoms with Crippen molar-refractivity contribution in [3.8, 4) is 11.5 Å². The topological polar surface area (TPSA) is 109 Å². The number of ether oxygens (including phenoxy) is 1. The number of phenolic OH excluding ortho intramolecular Hbond substituents is 1. The molecule has 0 spiro atoms. The molecule has 1 saturated heterocycles. The van der Waals surface area contributed by atoms with Crippen LogP contribution < -0.4 is 4.74 Å². The maximum absolute atomic E-state index is 13.8. The van der Waals surface area contributed by atoms with E-state index in [1.165, 1.54) is 4.90 Å². The van der Waals surface area contributed by atoms with Crippen LogP contribution in [0.4, 0.5) is 4.79 Å². The van der Waals surface area contributed by atoms with Gasteiger partial charge in [0.2, 0.25) is 0 Å². The van der Waals surface area contributed by atoms with Gasteiger partial charge in [0.15, 0.2) is 0 Å². The summed E-state index contributed by atoms with van der Waals surface area (Å²) >= 11 is 0. The highest BCUT2D eigenvalue weighted by Crippen LogP contribution is 2.49. The minimum Gasteiger partial charge on any atom is -0.508 e. The first-order valence-corrected chi connectivity index (χ1v) is 12.3. The molecule has 1 aromatic heterocycles. The first-order chi connectivity index (χ1) is 17.3. The van der Waals surface area contributed by atoms with E-state index in [2.05, 4.69) is 4.98 Å². The number of urea groups is 1. The van der Waals surface area contributed by atoms with Gasteiger partial charge in [-0.2, -0.15) is 0 Å². The monoisotopic (exact) mass is 492 g/mol. The molecule has 0 aliphatic carbocycles. The third-order valence-electron chi connectivity index (χ3n) is 7.32. The number of hydrogen-bond donors (Lipinski definition) is 3. The Morgan fingerprint density at radius 1 is 1.19 bits per heavy atom. The van der Waals surface area contributed by atoms with Crippen LogP contribution in [0.5, 0.6) is 11.5 Å². The highest BCUT2D eigenvalue weighted by molar-refractivity contribution is 6.08. The second kappa shape index (κ2) is 9.15. The van der Waals surface area contributed by atoms with E-state index in [1.54, 1.807) is 23.1 Å². The van der Waals surface area contributed by atoms with Crippen molar-refractivity contribution in [3.05, 3.63) is 59.3 Å². The van der Waals surface area contributed by atoms with Gasteiger partial charge in [-0.25, -0.2) is 4.79 Å². The summed E-state index contributed by atoms with van der Waals surface area (Å²) in [4.78, 5) is 36.0. The zero-order valence-electron chi connectivity index (χ0n) is 20.8. The summed E-state index contributed by atoms with van der Waals surface area (Å²) < 4.78 is 5.73. The Balaban J connectivity index is 1.63. The largest absolute Gasteiger partial charge is 0.508 e. The molecular weight excluding hydrogens is 460 g/mol. The molecule has 190 valence electrons. The average molecular weight is 493 g/mol. The fourth-order valence-corrected chi connectivity index (χ4v) is 5.54. The molecule has 9 nitrogen and oxygen atoms in total. The quantitative estimate of drug-likeness (QED) is 0.417. The summed E-state index contributed by atoms with van der Waals surface area (Å²) in [6, 6.07) is 11.8. The zero-order chi connectivity index (χ0) is 25.6. The zero-order valence-corrected chi connectivity index (χ0v) is 20.8. The fourth-order valence-electron chi connectivity index (χ4n) is 5.54. The number of nitrogens with one attached hydrogen (secondary N) is 1. The molecule has 2 atom stereocenters. The maximum Gasteiger partial charge on any atom is 0.328 e. The first-order valence-electron chi connectivity index (χ1n) is 12.3. The van der Waals surface area contributed by atoms with Gasteiger partial charge in [-0.1, -0.05) is 12.1 Å². The van der Waals surface area contributed by atoms with Crippen LogP contribution in [-0.2, 0) is 11.2 Å². The van der Waals surface area contributed by atoms with E-state index in [0.29, 0.717) is 26.1 Å². The average Bonchev–Trinajstić information content (AvgIpc) is 3.28. The van der Waals surface area contributed by atoms with Crippen molar-refractivity contribution in [1.29, 1.82) is 0 Å². The Morgan fingerprint density at radius 3 is 2.72 bits per heavy atom. The number of aromatic nitrogens is 1. The Bertz CT molecular complexity index is 1320. The maximum atomic E-state index is 13.8. The number of nitrogens with zero attached hydrogens (tertiary/aromatic N) is 3. The van der Waals surface area contributed by atoms with Crippen molar-refractivity contribution < 1.29 is 24.5 Å². The van der Waals surface area contributed by atoms with E-state index >= 15 is 0 Å². The van der Waals surface area contributed by atoms with E-state index in [-0.39, 0.29) is 30.8 Å². The van der Waals surface area contributed by atoms with Gasteiger partial charge in [-0.3, -0.25) is 14.6 Å². The smallest absolute Gasteiger partial charge is 0.328 e. The summed E-state index contributed by atoms with van der Waals surface area (Å²) in [5, 5.41) is 20.4. The predicted molar refractivity (Wildman–Crippen MR) is 135 cm³/mol. The van der Waals surface area contributed by atoms with Gasteiger partial charge in [0.1, 0.15) is 23.1 Å². The van der Waals surface area contributed by atoms with Crippen LogP contribution in [-0.4, -0.2) is 87.3 Å². The molecule has 3 heterocycles. The van der Waals surface area contributed by atoms with Crippen LogP contribution in [0.2, 0.25) is 0 Å². The molecule has 5 rings (SSSR count). The Morgan fingerprint density at radius 2 is 2.00 bits per heavy atom. The lowest BCUT2D eigenvalue weighted by Crippen LogP contribution is -2.53. The van der Waals surface area contributed by atoms with Gasteiger partial charge >= 0.3 is 6.03 Å². The first kappa shape index (κ1) is 24.1. The number of hydrogen-bond acceptors (Lipinski definition) is 6. The molecular formula is C27H32N4O5. The number of aromatic amines is 1. The number of carbonyl (C=O) groups is 2. The standard InChI is InChI=1S/C27H32N4O5/c1-4-36-19-8-9-22-20(15-19)21-16-27(2)25(34)30(11-10-29(3)12-13-32)26(35)31(27)24(23(21)28-22)17-6-5-7-18(33)14-17/h5-9,14-15,24,28,32-33H,4,10-13,16H2,1-3H3/t24?,27-/m0/s1. The number of aromatic hydroxyl groups is 1. The van der Waals surface area contributed by atoms with E-state index in [0.717, 1.165) is 33.5 Å². The lowest BCUT2D eigenvalue weighted by Gasteiger charge is -2.42. The number of benzene rings is 2. The molecule has 0 saturated carbocycles. The molecule has 1 unspecified atom stereocenters. The van der Waals surface area contributed by atoms with Crippen molar-refractivity contribution in [1.82, 2.24) is 19.7 Å². The molecule has 36 heavy (non-hydrogen) atoms. The van der Waals surface area contributed by atoms with Crippen LogP contribution in [0, 0.1) is 0 Å². The minimum absolute atomic E-state index is 0.00720. The number of H-pyrrole nitrogens is 1. The van der Waals surface area contributed by atoms with Gasteiger partial charge in [0.25, 0.3) is 5.91 Å². The number of phenols is 1. The summed E-state index contributed by atoms with van der Waals surface area (Å²) in [6.45, 7) is 5.47. The molecule has 2 aliphatic heterocycles. The van der Waals surface area contributed by atoms with Crippen molar-refractivity contribution in [2.75, 3.05) is 39.9 Å². The number of fused-ring (bicyclic) bond motifs is 4. The highest BCUT2D eigenvalue weighted by atomic mass is 16.5. The third kappa shape index (κ3) is 3.79. The molecule has 3 amide bonds. The lowest BCUT2D eigenvalue weighted by molar-refractivity contribution is -0.133. The van der Waals surface area contributed by atoms with Crippen molar-refractivity contribution in [2.45, 2.75) is 31.8 Å². The third-order valence-corrected chi connectivity index (χ3v) is 7.32. The molecule has 1 fully saturated rings. The number of aliphatic hydroxyl groups is 1. The summed E-state index contributed by atoms with van der Waals surface area (Å²) in [6.07, 6.45) is 0.362. The molecule has 0 bridgehead atoms. The molecule has 2 aromatic carbocycles. The van der Waals surface area contributed by atoms with Crippen molar-refractivity contribution in [3.63, 3.8) is 0 Å². The lowest BCUT2D eigenvalue weighted by atomic mass is 9.81. The van der Waals surface area contributed by atoms with Gasteiger partial charge in [0, 0.05) is 42.7 Å². The minimum atomic E-state index is -1.09. The fraction of sp³-hybridized carbons (Fsp3) is 0.407. The van der Waals surface area contributed by atoms with E-state index in [9.17, 15) is 19.8 Å². The van der Waals surface area contributed by atoms with E-state index in [1.807, 2.05) is 50.1 Å². The van der Waals surface area contributed by atoms with Crippen molar-refractivity contribution in [2.24, 2.45) is 0 Å². The van der Waals surface area contributed by atoms with Gasteiger partial charge in [-0.05, 0) is 62.4 Å². The number of imide groups is 1. The normalized spacial score (nSPS) is 21.4. The molecule has 3 N–H and O–H groups in total. The van der Waals surface area contributed by atoms with Gasteiger partial charge < -0.3 is 24.8 Å². The number of amides is 3. The van der Waals surface area contributed by atoms with Crippen LogP contribution in [0.25, 0.3) is 10.9 Å². The number of carbonyl (C=O) groups excluding carboxylic acids is 2. The van der Waals surface area contributed by atoms with Gasteiger partial charge in [-0.15, -0.1) is 0 Å². The van der Waals surface area contributed by atoms with Crippen LogP contribution in [0.3, 0.4) is 0 Å². The summed E-state index contributed by atoms with van der Waals surface area (Å²) in [5.74, 6) is 0.600. The van der Waals surface area contributed by atoms with Gasteiger partial charge in [0.05, 0.1) is 13.2 Å². The molecule has 9 heteroatoms. The highest BCUT2D eigenvalue weighted by Gasteiger charge is 2.60. The molecule has 3 aromatic rings. The number of aliphatic hydroxyl groups excluding tert-OH is 1. The van der Waals surface area contributed by atoms with E-state index in [4.69, 9.17) is 4.74 Å². The predicted octanol–water partition coefficient (Wildman–Crippen LogP) is 2.86. The van der Waals surface area contributed by atoms with Crippen LogP contribution in [0.15, 0.2) is 42.5 Å². The van der Waals surface area contributed by atoms with Crippen molar-refractivity contribution >= 4 is 22.8 Å². The SMILES string of the molecule is CCOc1ccc2[nH]c3c(c2c1)C[C@@]1(C)C(=O)N(CCN(C)CCO)C(=O)N1C3c1cccc(O)c1. The summed E-state index contributed by atoms with van der Waals surface area (Å²) in [5.41, 5.74) is 2.34. The Hall–Kier alpha value is -3.56.